The van der Waals surface area contributed by atoms with Gasteiger partial charge in [-0.25, -0.2) is 0 Å². The summed E-state index contributed by atoms with van der Waals surface area (Å²) in [5, 5.41) is 81.5. The van der Waals surface area contributed by atoms with Crippen LogP contribution >= 0.6 is 0 Å². The van der Waals surface area contributed by atoms with Crippen LogP contribution < -0.4 is 5.32 Å². The molecule has 1 saturated heterocycles. The molecule has 1 amide bonds. The lowest BCUT2D eigenvalue weighted by molar-refractivity contribution is -0.326. The smallest absolute Gasteiger partial charge is 0.251 e. The maximum atomic E-state index is 12.3. The molecule has 12 heteroatoms. The third-order valence-corrected chi connectivity index (χ3v) is 5.32. The van der Waals surface area contributed by atoms with Gasteiger partial charge in [0.1, 0.15) is 42.7 Å². The van der Waals surface area contributed by atoms with E-state index in [0.717, 1.165) is 5.56 Å². The first-order valence-corrected chi connectivity index (χ1v) is 10.2. The first kappa shape index (κ1) is 27.3. The molecule has 1 aromatic carbocycles. The van der Waals surface area contributed by atoms with Gasteiger partial charge in [-0.05, 0) is 11.1 Å². The molecule has 0 aliphatic carbocycles. The molecule has 0 saturated carbocycles. The highest BCUT2D eigenvalue weighted by molar-refractivity contribution is 5.81. The summed E-state index contributed by atoms with van der Waals surface area (Å²) in [4.78, 5) is 12.3. The van der Waals surface area contributed by atoms with Gasteiger partial charge < -0.3 is 55.6 Å². The Morgan fingerprint density at radius 1 is 1.09 bits per heavy atom. The van der Waals surface area contributed by atoms with Crippen LogP contribution in [0.5, 0.6) is 0 Å². The van der Waals surface area contributed by atoms with Gasteiger partial charge in [-0.2, -0.15) is 0 Å². The molecule has 0 spiro atoms. The van der Waals surface area contributed by atoms with Gasteiger partial charge in [0.05, 0.1) is 13.2 Å². The molecule has 1 aromatic rings. The number of benzene rings is 1. The molecule has 0 bridgehead atoms. The first-order chi connectivity index (χ1) is 15.6. The first-order valence-electron chi connectivity index (χ1n) is 10.2. The Hall–Kier alpha value is -1.97. The van der Waals surface area contributed by atoms with Gasteiger partial charge in [0.25, 0.3) is 5.91 Å². The molecule has 2 rings (SSSR count). The van der Waals surface area contributed by atoms with Crippen molar-refractivity contribution in [2.45, 2.75) is 61.7 Å². The molecule has 0 radical (unpaired) electrons. The molecule has 186 valence electrons. The summed E-state index contributed by atoms with van der Waals surface area (Å²) in [6, 6.07) is 6.98. The number of aliphatic hydroxyl groups excluding tert-OH is 8. The van der Waals surface area contributed by atoms with Gasteiger partial charge in [-0.15, -0.1) is 0 Å². The lowest BCUT2D eigenvalue weighted by atomic mass is 9.98. The fraction of sp³-hybridized carbons (Fsp3) is 0.571. The number of nitrogens with one attached hydrogen (secondary N) is 1. The molecule has 1 heterocycles. The summed E-state index contributed by atoms with van der Waals surface area (Å²) in [6.07, 6.45) is -14.7. The summed E-state index contributed by atoms with van der Waals surface area (Å²) in [6.45, 7) is 1.94. The third-order valence-electron chi connectivity index (χ3n) is 5.32. The number of rotatable bonds is 11. The van der Waals surface area contributed by atoms with Crippen molar-refractivity contribution in [3.05, 3.63) is 42.0 Å². The molecule has 1 aliphatic rings. The van der Waals surface area contributed by atoms with Crippen molar-refractivity contribution in [2.24, 2.45) is 0 Å². The SMILES string of the molecule is C=Cc1ccc(CNC(=O)[C@H](O)[C@@H](O)[C@H](O[C@@H]2O[C@H](CO)[C@H](O)[C@H](O)[C@H]2O)[C@H](O)CO)cc1. The highest BCUT2D eigenvalue weighted by atomic mass is 16.7. The highest BCUT2D eigenvalue weighted by Crippen LogP contribution is 2.25. The van der Waals surface area contributed by atoms with Crippen molar-refractivity contribution in [3.8, 4) is 0 Å². The van der Waals surface area contributed by atoms with Crippen LogP contribution in [0.3, 0.4) is 0 Å². The van der Waals surface area contributed by atoms with Gasteiger partial charge in [0.2, 0.25) is 0 Å². The van der Waals surface area contributed by atoms with Crippen LogP contribution in [-0.2, 0) is 20.8 Å². The van der Waals surface area contributed by atoms with Crippen LogP contribution in [0.15, 0.2) is 30.8 Å². The summed E-state index contributed by atoms with van der Waals surface area (Å²) < 4.78 is 10.4. The number of aliphatic hydroxyl groups is 8. The van der Waals surface area contributed by atoms with E-state index in [9.17, 15) is 45.6 Å². The molecule has 0 unspecified atom stereocenters. The number of ether oxygens (including phenoxy) is 2. The number of amides is 1. The van der Waals surface area contributed by atoms with Gasteiger partial charge in [0.15, 0.2) is 12.4 Å². The van der Waals surface area contributed by atoms with Crippen molar-refractivity contribution in [3.63, 3.8) is 0 Å². The van der Waals surface area contributed by atoms with Crippen LogP contribution in [0.4, 0.5) is 0 Å². The minimum atomic E-state index is -2.12. The van der Waals surface area contributed by atoms with E-state index in [0.29, 0.717) is 5.56 Å². The van der Waals surface area contributed by atoms with E-state index in [4.69, 9.17) is 9.47 Å². The number of carbonyl (C=O) groups excluding carboxylic acids is 1. The average Bonchev–Trinajstić information content (AvgIpc) is 2.84. The van der Waals surface area contributed by atoms with Crippen molar-refractivity contribution < 1.29 is 55.1 Å². The maximum Gasteiger partial charge on any atom is 0.251 e. The Kier molecular flexibility index (Phi) is 10.3. The zero-order valence-electron chi connectivity index (χ0n) is 17.7. The Morgan fingerprint density at radius 2 is 1.73 bits per heavy atom. The van der Waals surface area contributed by atoms with Gasteiger partial charge >= 0.3 is 0 Å². The lowest BCUT2D eigenvalue weighted by Crippen LogP contribution is -2.62. The summed E-state index contributed by atoms with van der Waals surface area (Å²) in [7, 11) is 0. The average molecular weight is 473 g/mol. The fourth-order valence-corrected chi connectivity index (χ4v) is 3.24. The van der Waals surface area contributed by atoms with E-state index < -0.39 is 74.2 Å². The Balaban J connectivity index is 2.06. The van der Waals surface area contributed by atoms with Crippen LogP contribution in [0.2, 0.25) is 0 Å². The second-order valence-corrected chi connectivity index (χ2v) is 7.65. The van der Waals surface area contributed by atoms with E-state index in [-0.39, 0.29) is 6.54 Å². The number of hydrogen-bond acceptors (Lipinski definition) is 11. The summed E-state index contributed by atoms with van der Waals surface area (Å²) >= 11 is 0. The van der Waals surface area contributed by atoms with E-state index in [1.165, 1.54) is 0 Å². The predicted octanol–water partition coefficient (Wildman–Crippen LogP) is -3.79. The third kappa shape index (κ3) is 6.77. The Morgan fingerprint density at radius 3 is 2.27 bits per heavy atom. The molecular formula is C21H31NO11. The number of carbonyl (C=O) groups is 1. The molecule has 33 heavy (non-hydrogen) atoms. The maximum absolute atomic E-state index is 12.3. The second kappa shape index (κ2) is 12.5. The minimum Gasteiger partial charge on any atom is -0.394 e. The Labute approximate surface area is 190 Å². The lowest BCUT2D eigenvalue weighted by Gasteiger charge is -2.42. The molecule has 1 fully saturated rings. The van der Waals surface area contributed by atoms with Gasteiger partial charge in [0, 0.05) is 6.54 Å². The van der Waals surface area contributed by atoms with E-state index in [1.807, 2.05) is 0 Å². The van der Waals surface area contributed by atoms with E-state index in [2.05, 4.69) is 11.9 Å². The highest BCUT2D eigenvalue weighted by Gasteiger charge is 2.47. The normalized spacial score (nSPS) is 29.0. The zero-order chi connectivity index (χ0) is 24.7. The fourth-order valence-electron chi connectivity index (χ4n) is 3.24. The van der Waals surface area contributed by atoms with Crippen molar-refractivity contribution in [1.82, 2.24) is 5.32 Å². The molecular weight excluding hydrogens is 442 g/mol. The van der Waals surface area contributed by atoms with Crippen LogP contribution in [0.1, 0.15) is 11.1 Å². The number of hydrogen-bond donors (Lipinski definition) is 9. The topological polar surface area (TPSA) is 209 Å². The zero-order valence-corrected chi connectivity index (χ0v) is 17.7. The standard InChI is InChI=1S/C21H31NO11/c1-2-10-3-5-11(6-4-10)7-22-20(31)17(29)16(28)19(12(25)8-23)33-21-18(30)15(27)14(26)13(9-24)32-21/h2-6,12-19,21,23-30H,1,7-9H2,(H,22,31)/t12-,13-,14+,15+,16-,17-,18-,19-,21+/m1/s1. The minimum absolute atomic E-state index is 0.0147. The summed E-state index contributed by atoms with van der Waals surface area (Å²) in [5.41, 5.74) is 1.56. The summed E-state index contributed by atoms with van der Waals surface area (Å²) in [5.74, 6) is -1.01. The molecule has 9 N–H and O–H groups in total. The molecule has 1 aliphatic heterocycles. The van der Waals surface area contributed by atoms with Crippen molar-refractivity contribution in [1.29, 1.82) is 0 Å². The predicted molar refractivity (Wildman–Crippen MR) is 112 cm³/mol. The molecule has 12 nitrogen and oxygen atoms in total. The molecule has 0 aromatic heterocycles. The quantitative estimate of drug-likeness (QED) is 0.152. The Bertz CT molecular complexity index is 759. The van der Waals surface area contributed by atoms with Gasteiger partial charge in [-0.3, -0.25) is 4.79 Å². The van der Waals surface area contributed by atoms with Crippen LogP contribution in [-0.4, -0.2) is 115 Å². The second-order valence-electron chi connectivity index (χ2n) is 7.65. The van der Waals surface area contributed by atoms with Gasteiger partial charge in [-0.1, -0.05) is 36.9 Å². The van der Waals surface area contributed by atoms with E-state index >= 15 is 0 Å². The largest absolute Gasteiger partial charge is 0.394 e. The van der Waals surface area contributed by atoms with E-state index in [1.54, 1.807) is 30.3 Å². The van der Waals surface area contributed by atoms with Crippen LogP contribution in [0.25, 0.3) is 6.08 Å². The monoisotopic (exact) mass is 473 g/mol. The van der Waals surface area contributed by atoms with Crippen LogP contribution in [0, 0.1) is 0 Å². The van der Waals surface area contributed by atoms with Crippen molar-refractivity contribution in [2.75, 3.05) is 13.2 Å². The molecule has 9 atom stereocenters. The van der Waals surface area contributed by atoms with Crippen molar-refractivity contribution >= 4 is 12.0 Å².